The predicted octanol–water partition coefficient (Wildman–Crippen LogP) is 1.77. The molecule has 0 fully saturated rings. The Labute approximate surface area is 99.9 Å². The Morgan fingerprint density at radius 1 is 1.35 bits per heavy atom. The lowest BCUT2D eigenvalue weighted by atomic mass is 10.2. The maximum Gasteiger partial charge on any atom is 0.178 e. The zero-order valence-electron chi connectivity index (χ0n) is 9.67. The van der Waals surface area contributed by atoms with Crippen molar-refractivity contribution in [1.29, 1.82) is 0 Å². The van der Waals surface area contributed by atoms with E-state index in [4.69, 9.17) is 4.74 Å². The van der Waals surface area contributed by atoms with Crippen LogP contribution in [0.2, 0.25) is 0 Å². The van der Waals surface area contributed by atoms with Crippen LogP contribution in [0.4, 0.5) is 0 Å². The second-order valence-electron chi connectivity index (χ2n) is 3.72. The highest BCUT2D eigenvalue weighted by Crippen LogP contribution is 2.16. The number of aromatic nitrogens is 2. The van der Waals surface area contributed by atoms with E-state index in [1.807, 2.05) is 34.9 Å². The molecule has 0 unspecified atom stereocenters. The predicted molar refractivity (Wildman–Crippen MR) is 64.5 cm³/mol. The average molecular weight is 230 g/mol. The fraction of sp³-hybridized carbons (Fsp3) is 0.231. The lowest BCUT2D eigenvalue weighted by Gasteiger charge is -2.06. The number of benzene rings is 1. The molecule has 1 aromatic carbocycles. The number of nitrogens with zero attached hydrogens (tertiary/aromatic N) is 2. The van der Waals surface area contributed by atoms with Gasteiger partial charge in [0.2, 0.25) is 0 Å². The summed E-state index contributed by atoms with van der Waals surface area (Å²) in [6, 6.07) is 9.79. The topological polar surface area (TPSA) is 44.1 Å². The second kappa shape index (κ2) is 5.41. The van der Waals surface area contributed by atoms with Crippen molar-refractivity contribution in [2.75, 3.05) is 13.7 Å². The first-order chi connectivity index (χ1) is 8.31. The molecule has 0 atom stereocenters. The summed E-state index contributed by atoms with van der Waals surface area (Å²) in [5.41, 5.74) is 1.00. The van der Waals surface area contributed by atoms with Crippen molar-refractivity contribution in [3.8, 4) is 11.4 Å². The Kier molecular flexibility index (Phi) is 3.67. The minimum Gasteiger partial charge on any atom is -0.377 e. The molecule has 0 aliphatic rings. The fourth-order valence-electron chi connectivity index (χ4n) is 1.68. The zero-order valence-corrected chi connectivity index (χ0v) is 9.67. The third-order valence-corrected chi connectivity index (χ3v) is 2.40. The summed E-state index contributed by atoms with van der Waals surface area (Å²) in [5, 5.41) is 0. The molecule has 0 aliphatic carbocycles. The van der Waals surface area contributed by atoms with Crippen molar-refractivity contribution in [3.63, 3.8) is 0 Å². The highest BCUT2D eigenvalue weighted by Gasteiger charge is 2.08. The quantitative estimate of drug-likeness (QED) is 0.786. The molecule has 0 aliphatic heterocycles. The summed E-state index contributed by atoms with van der Waals surface area (Å²) in [5.74, 6) is 0.831. The van der Waals surface area contributed by atoms with Gasteiger partial charge in [-0.15, -0.1) is 0 Å². The van der Waals surface area contributed by atoms with Crippen LogP contribution in [0.1, 0.15) is 0 Å². The summed E-state index contributed by atoms with van der Waals surface area (Å²) >= 11 is 0. The molecule has 1 heterocycles. The van der Waals surface area contributed by atoms with Crippen molar-refractivity contribution in [2.45, 2.75) is 6.54 Å². The van der Waals surface area contributed by atoms with Crippen molar-refractivity contribution in [3.05, 3.63) is 42.7 Å². The van der Waals surface area contributed by atoms with Gasteiger partial charge in [-0.05, 0) is 0 Å². The third kappa shape index (κ3) is 2.79. The zero-order chi connectivity index (χ0) is 12.1. The number of hydrogen-bond acceptors (Lipinski definition) is 3. The fourth-order valence-corrected chi connectivity index (χ4v) is 1.68. The van der Waals surface area contributed by atoms with E-state index in [2.05, 4.69) is 4.98 Å². The minimum atomic E-state index is 0.0303. The van der Waals surface area contributed by atoms with Crippen LogP contribution in [-0.2, 0) is 16.1 Å². The van der Waals surface area contributed by atoms with Crippen LogP contribution in [0.15, 0.2) is 42.7 Å². The molecule has 1 aromatic heterocycles. The Hall–Kier alpha value is -1.94. The van der Waals surface area contributed by atoms with Crippen molar-refractivity contribution < 1.29 is 9.53 Å². The lowest BCUT2D eigenvalue weighted by Crippen LogP contribution is -2.15. The van der Waals surface area contributed by atoms with Crippen LogP contribution in [0.25, 0.3) is 11.4 Å². The second-order valence-corrected chi connectivity index (χ2v) is 3.72. The number of carbonyl (C=O) groups excluding carboxylic acids is 1. The van der Waals surface area contributed by atoms with Gasteiger partial charge in [0.25, 0.3) is 0 Å². The molecule has 0 radical (unpaired) electrons. The highest BCUT2D eigenvalue weighted by molar-refractivity contribution is 5.80. The molecular weight excluding hydrogens is 216 g/mol. The van der Waals surface area contributed by atoms with Crippen LogP contribution in [0.5, 0.6) is 0 Å². The van der Waals surface area contributed by atoms with E-state index in [-0.39, 0.29) is 18.9 Å². The number of methoxy groups -OCH3 is 1. The standard InChI is InChI=1S/C13H14N2O2/c1-17-10-12(16)9-15-8-7-14-13(15)11-5-3-2-4-6-11/h2-8H,9-10H2,1H3. The summed E-state index contributed by atoms with van der Waals surface area (Å²) in [6.07, 6.45) is 3.50. The van der Waals surface area contributed by atoms with Crippen molar-refractivity contribution in [1.82, 2.24) is 9.55 Å². The van der Waals surface area contributed by atoms with E-state index in [0.29, 0.717) is 0 Å². The normalized spacial score (nSPS) is 10.4. The van der Waals surface area contributed by atoms with Gasteiger partial charge in [-0.3, -0.25) is 4.79 Å². The number of ketones is 1. The van der Waals surface area contributed by atoms with E-state index in [9.17, 15) is 4.79 Å². The first-order valence-corrected chi connectivity index (χ1v) is 5.38. The van der Waals surface area contributed by atoms with E-state index < -0.39 is 0 Å². The summed E-state index contributed by atoms with van der Waals surface area (Å²) in [7, 11) is 1.52. The third-order valence-electron chi connectivity index (χ3n) is 2.40. The van der Waals surface area contributed by atoms with Gasteiger partial charge in [-0.25, -0.2) is 4.98 Å². The summed E-state index contributed by atoms with van der Waals surface area (Å²) in [4.78, 5) is 15.8. The van der Waals surface area contributed by atoms with Gasteiger partial charge in [-0.2, -0.15) is 0 Å². The summed E-state index contributed by atoms with van der Waals surface area (Å²) < 4.78 is 6.64. The largest absolute Gasteiger partial charge is 0.377 e. The van der Waals surface area contributed by atoms with E-state index in [1.165, 1.54) is 7.11 Å². The minimum absolute atomic E-state index is 0.0303. The Bertz CT molecular complexity index is 491. The van der Waals surface area contributed by atoms with E-state index >= 15 is 0 Å². The molecule has 0 saturated carbocycles. The van der Waals surface area contributed by atoms with Gasteiger partial charge in [0.1, 0.15) is 12.4 Å². The first kappa shape index (κ1) is 11.5. The molecule has 0 amide bonds. The Morgan fingerprint density at radius 2 is 2.12 bits per heavy atom. The summed E-state index contributed by atoms with van der Waals surface area (Å²) in [6.45, 7) is 0.421. The van der Waals surface area contributed by atoms with Crippen molar-refractivity contribution in [2.24, 2.45) is 0 Å². The first-order valence-electron chi connectivity index (χ1n) is 5.38. The number of hydrogen-bond donors (Lipinski definition) is 0. The maximum absolute atomic E-state index is 11.5. The van der Waals surface area contributed by atoms with E-state index in [0.717, 1.165) is 11.4 Å². The number of rotatable bonds is 5. The smallest absolute Gasteiger partial charge is 0.178 e. The Morgan fingerprint density at radius 3 is 2.82 bits per heavy atom. The molecule has 0 spiro atoms. The monoisotopic (exact) mass is 230 g/mol. The molecule has 2 rings (SSSR count). The Balaban J connectivity index is 2.20. The number of carbonyl (C=O) groups is 1. The molecule has 17 heavy (non-hydrogen) atoms. The van der Waals surface area contributed by atoms with Crippen LogP contribution < -0.4 is 0 Å². The van der Waals surface area contributed by atoms with Gasteiger partial charge in [-0.1, -0.05) is 30.3 Å². The molecular formula is C13H14N2O2. The lowest BCUT2D eigenvalue weighted by molar-refractivity contribution is -0.123. The molecule has 2 aromatic rings. The molecule has 4 heteroatoms. The van der Waals surface area contributed by atoms with Gasteiger partial charge in [0.05, 0.1) is 6.54 Å². The highest BCUT2D eigenvalue weighted by atomic mass is 16.5. The van der Waals surface area contributed by atoms with Crippen LogP contribution in [0, 0.1) is 0 Å². The maximum atomic E-state index is 11.5. The van der Waals surface area contributed by atoms with Gasteiger partial charge < -0.3 is 9.30 Å². The van der Waals surface area contributed by atoms with E-state index in [1.54, 1.807) is 12.4 Å². The van der Waals surface area contributed by atoms with Crippen molar-refractivity contribution >= 4 is 5.78 Å². The molecule has 0 bridgehead atoms. The molecule has 0 saturated heterocycles. The van der Waals surface area contributed by atoms with Gasteiger partial charge in [0.15, 0.2) is 5.78 Å². The van der Waals surface area contributed by atoms with Crippen LogP contribution in [0.3, 0.4) is 0 Å². The average Bonchev–Trinajstić information content (AvgIpc) is 2.78. The molecule has 88 valence electrons. The van der Waals surface area contributed by atoms with Gasteiger partial charge >= 0.3 is 0 Å². The number of imidazole rings is 1. The van der Waals surface area contributed by atoms with Crippen LogP contribution >= 0.6 is 0 Å². The molecule has 0 N–H and O–H groups in total. The van der Waals surface area contributed by atoms with Crippen LogP contribution in [-0.4, -0.2) is 29.1 Å². The number of ether oxygens (including phenoxy) is 1. The number of Topliss-reactive ketones (excluding diaryl/α,β-unsaturated/α-hetero) is 1. The molecule has 4 nitrogen and oxygen atoms in total. The van der Waals surface area contributed by atoms with Gasteiger partial charge in [0, 0.05) is 25.1 Å². The SMILES string of the molecule is COCC(=O)Cn1ccnc1-c1ccccc1.